The maximum absolute atomic E-state index is 11.5. The number of nitrogens with zero attached hydrogens (tertiary/aromatic N) is 1. The van der Waals surface area contributed by atoms with Gasteiger partial charge < -0.3 is 16.0 Å². The van der Waals surface area contributed by atoms with Gasteiger partial charge in [0.25, 0.3) is 0 Å². The summed E-state index contributed by atoms with van der Waals surface area (Å²) in [6, 6.07) is 7.84. The zero-order valence-electron chi connectivity index (χ0n) is 12.9. The molecule has 1 aliphatic carbocycles. The van der Waals surface area contributed by atoms with Gasteiger partial charge in [0.1, 0.15) is 0 Å². The second kappa shape index (κ2) is 8.63. The first-order valence-corrected chi connectivity index (χ1v) is 8.03. The minimum atomic E-state index is 0.172. The summed E-state index contributed by atoms with van der Waals surface area (Å²) in [5.74, 6) is 1.17. The highest BCUT2D eigenvalue weighted by Gasteiger charge is 2.28. The fraction of sp³-hybridized carbons (Fsp3) is 0.500. The summed E-state index contributed by atoms with van der Waals surface area (Å²) in [6.07, 6.45) is 2.94. The number of hydrogen-bond donors (Lipinski definition) is 3. The molecule has 1 aliphatic rings. The first kappa shape index (κ1) is 16.6. The van der Waals surface area contributed by atoms with Crippen molar-refractivity contribution in [1.29, 1.82) is 0 Å². The van der Waals surface area contributed by atoms with E-state index in [4.69, 9.17) is 11.6 Å². The molecule has 22 heavy (non-hydrogen) atoms. The molecule has 0 saturated heterocycles. The third-order valence-corrected chi connectivity index (χ3v) is 3.72. The van der Waals surface area contributed by atoms with Gasteiger partial charge in [-0.15, -0.1) is 0 Å². The lowest BCUT2D eigenvalue weighted by Gasteiger charge is -2.12. The van der Waals surface area contributed by atoms with Crippen molar-refractivity contribution in [2.24, 2.45) is 10.9 Å². The van der Waals surface area contributed by atoms with Crippen molar-refractivity contribution in [2.75, 3.05) is 26.7 Å². The molecular weight excluding hydrogens is 300 g/mol. The van der Waals surface area contributed by atoms with Crippen LogP contribution >= 0.6 is 11.6 Å². The predicted molar refractivity (Wildman–Crippen MR) is 90.3 cm³/mol. The zero-order chi connectivity index (χ0) is 15.8. The van der Waals surface area contributed by atoms with E-state index in [1.807, 2.05) is 18.2 Å². The Labute approximate surface area is 136 Å². The van der Waals surface area contributed by atoms with Gasteiger partial charge in [-0.1, -0.05) is 23.7 Å². The van der Waals surface area contributed by atoms with Gasteiger partial charge in [0.15, 0.2) is 5.96 Å². The molecule has 1 saturated carbocycles. The van der Waals surface area contributed by atoms with Gasteiger partial charge in [0.2, 0.25) is 5.91 Å². The number of rotatable bonds is 7. The highest BCUT2D eigenvalue weighted by atomic mass is 35.5. The highest BCUT2D eigenvalue weighted by Crippen LogP contribution is 2.28. The lowest BCUT2D eigenvalue weighted by Crippen LogP contribution is -2.42. The van der Waals surface area contributed by atoms with Crippen LogP contribution in [-0.2, 0) is 11.2 Å². The van der Waals surface area contributed by atoms with Gasteiger partial charge in [0, 0.05) is 37.6 Å². The lowest BCUT2D eigenvalue weighted by molar-refractivity contribution is -0.122. The molecule has 120 valence electrons. The molecule has 2 rings (SSSR count). The Bertz CT molecular complexity index is 529. The molecule has 3 N–H and O–H groups in total. The normalized spacial score (nSPS) is 14.5. The average molecular weight is 323 g/mol. The van der Waals surface area contributed by atoms with Crippen molar-refractivity contribution in [3.8, 4) is 0 Å². The molecule has 5 nitrogen and oxygen atoms in total. The van der Waals surface area contributed by atoms with E-state index in [1.165, 1.54) is 5.56 Å². The van der Waals surface area contributed by atoms with Gasteiger partial charge in [0.05, 0.1) is 0 Å². The van der Waals surface area contributed by atoms with Crippen molar-refractivity contribution in [3.63, 3.8) is 0 Å². The summed E-state index contributed by atoms with van der Waals surface area (Å²) in [6.45, 7) is 2.05. The molecular formula is C16H23ClN4O. The van der Waals surface area contributed by atoms with E-state index in [1.54, 1.807) is 7.05 Å². The van der Waals surface area contributed by atoms with Crippen molar-refractivity contribution in [1.82, 2.24) is 16.0 Å². The number of halogens is 1. The van der Waals surface area contributed by atoms with E-state index in [9.17, 15) is 4.79 Å². The molecule has 6 heteroatoms. The SMILES string of the molecule is CN=C(NCCNC(=O)C1CC1)NCCc1cccc(Cl)c1. The van der Waals surface area contributed by atoms with Gasteiger partial charge in [-0.3, -0.25) is 9.79 Å². The molecule has 1 aromatic rings. The van der Waals surface area contributed by atoms with E-state index in [2.05, 4.69) is 27.0 Å². The van der Waals surface area contributed by atoms with E-state index >= 15 is 0 Å². The summed E-state index contributed by atoms with van der Waals surface area (Å²) in [5.41, 5.74) is 1.19. The fourth-order valence-corrected chi connectivity index (χ4v) is 2.31. The Morgan fingerprint density at radius 3 is 2.64 bits per heavy atom. The number of amides is 1. The standard InChI is InChI=1S/C16H23ClN4O/c1-18-16(21-10-9-19-15(22)13-5-6-13)20-8-7-12-3-2-4-14(17)11-12/h2-4,11,13H,5-10H2,1H3,(H,19,22)(H2,18,20,21). The van der Waals surface area contributed by atoms with E-state index in [-0.39, 0.29) is 11.8 Å². The van der Waals surface area contributed by atoms with Crippen LogP contribution in [0, 0.1) is 5.92 Å². The molecule has 0 heterocycles. The van der Waals surface area contributed by atoms with E-state index in [0.29, 0.717) is 13.1 Å². The van der Waals surface area contributed by atoms with Crippen LogP contribution in [0.25, 0.3) is 0 Å². The quantitative estimate of drug-likeness (QED) is 0.405. The Hall–Kier alpha value is -1.75. The highest BCUT2D eigenvalue weighted by molar-refractivity contribution is 6.30. The van der Waals surface area contributed by atoms with Gasteiger partial charge in [-0.05, 0) is 37.0 Å². The molecule has 1 amide bonds. The summed E-state index contributed by atoms with van der Waals surface area (Å²) in [7, 11) is 1.73. The average Bonchev–Trinajstić information content (AvgIpc) is 3.34. The van der Waals surface area contributed by atoms with E-state index < -0.39 is 0 Å². The largest absolute Gasteiger partial charge is 0.356 e. The summed E-state index contributed by atoms with van der Waals surface area (Å²) >= 11 is 5.96. The smallest absolute Gasteiger partial charge is 0.223 e. The summed E-state index contributed by atoms with van der Waals surface area (Å²) < 4.78 is 0. The number of carbonyl (C=O) groups excluding carboxylic acids is 1. The third kappa shape index (κ3) is 5.93. The van der Waals surface area contributed by atoms with Crippen LogP contribution < -0.4 is 16.0 Å². The van der Waals surface area contributed by atoms with Crippen LogP contribution in [0.15, 0.2) is 29.3 Å². The number of carbonyl (C=O) groups is 1. The van der Waals surface area contributed by atoms with Crippen LogP contribution in [0.3, 0.4) is 0 Å². The first-order valence-electron chi connectivity index (χ1n) is 7.65. The summed E-state index contributed by atoms with van der Waals surface area (Å²) in [4.78, 5) is 15.6. The second-order valence-corrected chi connectivity index (χ2v) is 5.81. The molecule has 0 aliphatic heterocycles. The van der Waals surface area contributed by atoms with Crippen LogP contribution in [-0.4, -0.2) is 38.5 Å². The number of aliphatic imine (C=N–C) groups is 1. The first-order chi connectivity index (χ1) is 10.7. The lowest BCUT2D eigenvalue weighted by atomic mass is 10.1. The molecule has 1 aromatic carbocycles. The van der Waals surface area contributed by atoms with Crippen molar-refractivity contribution in [3.05, 3.63) is 34.9 Å². The van der Waals surface area contributed by atoms with Gasteiger partial charge >= 0.3 is 0 Å². The minimum Gasteiger partial charge on any atom is -0.356 e. The number of nitrogens with one attached hydrogen (secondary N) is 3. The topological polar surface area (TPSA) is 65.5 Å². The molecule has 0 atom stereocenters. The number of hydrogen-bond acceptors (Lipinski definition) is 2. The molecule has 0 spiro atoms. The van der Waals surface area contributed by atoms with E-state index in [0.717, 1.165) is 36.8 Å². The fourth-order valence-electron chi connectivity index (χ4n) is 2.09. The number of benzene rings is 1. The Balaban J connectivity index is 1.59. The Morgan fingerprint density at radius 2 is 1.95 bits per heavy atom. The molecule has 1 fully saturated rings. The van der Waals surface area contributed by atoms with Crippen LogP contribution in [0.1, 0.15) is 18.4 Å². The third-order valence-electron chi connectivity index (χ3n) is 3.48. The van der Waals surface area contributed by atoms with Crippen molar-refractivity contribution in [2.45, 2.75) is 19.3 Å². The predicted octanol–water partition coefficient (Wildman–Crippen LogP) is 1.57. The maximum atomic E-state index is 11.5. The van der Waals surface area contributed by atoms with Gasteiger partial charge in [-0.2, -0.15) is 0 Å². The molecule has 0 unspecified atom stereocenters. The monoisotopic (exact) mass is 322 g/mol. The summed E-state index contributed by atoms with van der Waals surface area (Å²) in [5, 5.41) is 10.1. The molecule has 0 aromatic heterocycles. The van der Waals surface area contributed by atoms with Gasteiger partial charge in [-0.25, -0.2) is 0 Å². The van der Waals surface area contributed by atoms with Crippen LogP contribution in [0.2, 0.25) is 5.02 Å². The molecule has 0 radical (unpaired) electrons. The maximum Gasteiger partial charge on any atom is 0.223 e. The number of guanidine groups is 1. The Kier molecular flexibility index (Phi) is 6.52. The van der Waals surface area contributed by atoms with Crippen molar-refractivity contribution < 1.29 is 4.79 Å². The second-order valence-electron chi connectivity index (χ2n) is 5.37. The molecule has 0 bridgehead atoms. The van der Waals surface area contributed by atoms with Crippen LogP contribution in [0.4, 0.5) is 0 Å². The Morgan fingerprint density at radius 1 is 1.23 bits per heavy atom. The minimum absolute atomic E-state index is 0.172. The van der Waals surface area contributed by atoms with Crippen LogP contribution in [0.5, 0.6) is 0 Å². The van der Waals surface area contributed by atoms with Crippen molar-refractivity contribution >= 4 is 23.5 Å². The zero-order valence-corrected chi connectivity index (χ0v) is 13.6.